The molecule has 0 radical (unpaired) electrons. The molecule has 0 fully saturated rings. The Kier molecular flexibility index (Phi) is 4.76. The molecule has 0 saturated carbocycles. The number of esters is 1. The summed E-state index contributed by atoms with van der Waals surface area (Å²) in [5.41, 5.74) is 0.561. The van der Waals surface area contributed by atoms with Gasteiger partial charge < -0.3 is 10.1 Å². The fraction of sp³-hybridized carbons (Fsp3) is 0.400. The first kappa shape index (κ1) is 13.0. The molecular weight excluding hydrogens is 250 g/mol. The fourth-order valence-corrected chi connectivity index (χ4v) is 1.74. The second kappa shape index (κ2) is 5.86. The monoisotopic (exact) mass is 261 g/mol. The Morgan fingerprint density at radius 1 is 1.62 bits per heavy atom. The van der Waals surface area contributed by atoms with Crippen molar-refractivity contribution in [1.82, 2.24) is 0 Å². The molecule has 1 N–H and O–H groups in total. The van der Waals surface area contributed by atoms with Gasteiger partial charge >= 0.3 is 5.97 Å². The Balaban J connectivity index is 2.65. The summed E-state index contributed by atoms with van der Waals surface area (Å²) in [6.45, 7) is 3.65. The zero-order valence-corrected chi connectivity index (χ0v) is 10.5. The minimum absolute atomic E-state index is 0.296. The van der Waals surface area contributed by atoms with Gasteiger partial charge in [0.25, 0.3) is 0 Å². The Hall–Kier alpha value is -1.07. The molecule has 88 valence electrons. The summed E-state index contributed by atoms with van der Waals surface area (Å²) in [5.74, 6) is -0.679. The maximum absolute atomic E-state index is 11.3. The lowest BCUT2D eigenvalue weighted by Gasteiger charge is -2.02. The van der Waals surface area contributed by atoms with Crippen LogP contribution >= 0.6 is 22.9 Å². The van der Waals surface area contributed by atoms with Gasteiger partial charge in [0.15, 0.2) is 0 Å². The third kappa shape index (κ3) is 3.50. The van der Waals surface area contributed by atoms with E-state index in [-0.39, 0.29) is 11.9 Å². The predicted molar refractivity (Wildman–Crippen MR) is 64.2 cm³/mol. The number of nitrogens with one attached hydrogen (secondary N) is 1. The Morgan fingerprint density at radius 3 is 2.88 bits per heavy atom. The highest BCUT2D eigenvalue weighted by Gasteiger charge is 2.13. The lowest BCUT2D eigenvalue weighted by atomic mass is 10.4. The summed E-state index contributed by atoms with van der Waals surface area (Å²) in [6.07, 6.45) is 0. The van der Waals surface area contributed by atoms with Crippen LogP contribution in [0.2, 0.25) is 0 Å². The van der Waals surface area contributed by atoms with Crippen molar-refractivity contribution < 1.29 is 14.3 Å². The van der Waals surface area contributed by atoms with Crippen molar-refractivity contribution in [2.75, 3.05) is 11.9 Å². The summed E-state index contributed by atoms with van der Waals surface area (Å²) < 4.78 is 4.83. The largest absolute Gasteiger partial charge is 0.462 e. The molecule has 1 atom stereocenters. The summed E-state index contributed by atoms with van der Waals surface area (Å²) in [6, 6.07) is 1.57. The molecule has 0 bridgehead atoms. The highest BCUT2D eigenvalue weighted by atomic mass is 35.5. The zero-order chi connectivity index (χ0) is 12.1. The van der Waals surface area contributed by atoms with Crippen LogP contribution in [0.3, 0.4) is 0 Å². The standard InChI is InChI=1S/C10H12ClNO3S/c1-3-15-10(14)8-4-7(5-16-8)12-9(13)6(2)11/h4-6H,3H2,1-2H3,(H,12,13). The van der Waals surface area contributed by atoms with Gasteiger partial charge in [-0.15, -0.1) is 22.9 Å². The Morgan fingerprint density at radius 2 is 2.31 bits per heavy atom. The van der Waals surface area contributed by atoms with Crippen LogP contribution in [0.25, 0.3) is 0 Å². The Bertz CT molecular complexity index is 389. The van der Waals surface area contributed by atoms with E-state index in [1.165, 1.54) is 11.3 Å². The smallest absolute Gasteiger partial charge is 0.348 e. The first-order valence-corrected chi connectivity index (χ1v) is 6.06. The van der Waals surface area contributed by atoms with E-state index in [1.807, 2.05) is 0 Å². The number of hydrogen-bond acceptors (Lipinski definition) is 4. The number of alkyl halides is 1. The third-order valence-electron chi connectivity index (χ3n) is 1.70. The second-order valence-electron chi connectivity index (χ2n) is 3.03. The fourth-order valence-electron chi connectivity index (χ4n) is 0.953. The molecule has 1 amide bonds. The average molecular weight is 262 g/mol. The lowest BCUT2D eigenvalue weighted by molar-refractivity contribution is -0.115. The number of amides is 1. The number of carbonyl (C=O) groups excluding carboxylic acids is 2. The summed E-state index contributed by atoms with van der Waals surface area (Å²) in [5, 5.41) is 3.65. The van der Waals surface area contributed by atoms with E-state index in [0.29, 0.717) is 17.2 Å². The van der Waals surface area contributed by atoms with E-state index < -0.39 is 5.38 Å². The third-order valence-corrected chi connectivity index (χ3v) is 2.81. The van der Waals surface area contributed by atoms with Crippen LogP contribution in [0.15, 0.2) is 11.4 Å². The van der Waals surface area contributed by atoms with Crippen LogP contribution in [0.5, 0.6) is 0 Å². The van der Waals surface area contributed by atoms with Gasteiger partial charge in [-0.25, -0.2) is 4.79 Å². The van der Waals surface area contributed by atoms with Crippen LogP contribution in [-0.4, -0.2) is 23.9 Å². The molecule has 4 nitrogen and oxygen atoms in total. The number of thiophene rings is 1. The van der Waals surface area contributed by atoms with Gasteiger partial charge in [-0.05, 0) is 19.9 Å². The molecule has 1 rings (SSSR count). The molecule has 1 aromatic rings. The van der Waals surface area contributed by atoms with Crippen molar-refractivity contribution in [2.45, 2.75) is 19.2 Å². The maximum atomic E-state index is 11.3. The number of anilines is 1. The van der Waals surface area contributed by atoms with E-state index >= 15 is 0 Å². The van der Waals surface area contributed by atoms with E-state index in [0.717, 1.165) is 0 Å². The van der Waals surface area contributed by atoms with Crippen molar-refractivity contribution in [1.29, 1.82) is 0 Å². The highest BCUT2D eigenvalue weighted by Crippen LogP contribution is 2.20. The normalized spacial score (nSPS) is 11.9. The molecule has 0 spiro atoms. The van der Waals surface area contributed by atoms with Crippen molar-refractivity contribution in [2.24, 2.45) is 0 Å². The van der Waals surface area contributed by atoms with Crippen LogP contribution in [0.1, 0.15) is 23.5 Å². The minimum atomic E-state index is -0.606. The molecular formula is C10H12ClNO3S. The van der Waals surface area contributed by atoms with Gasteiger partial charge in [0.05, 0.1) is 12.3 Å². The predicted octanol–water partition coefficient (Wildman–Crippen LogP) is 2.49. The van der Waals surface area contributed by atoms with Crippen molar-refractivity contribution >= 4 is 40.5 Å². The number of rotatable bonds is 4. The molecule has 0 aliphatic rings. The van der Waals surface area contributed by atoms with Crippen molar-refractivity contribution in [3.05, 3.63) is 16.3 Å². The average Bonchev–Trinajstić information content (AvgIpc) is 2.66. The summed E-state index contributed by atoms with van der Waals surface area (Å²) >= 11 is 6.82. The molecule has 6 heteroatoms. The van der Waals surface area contributed by atoms with Gasteiger partial charge in [-0.3, -0.25) is 4.79 Å². The number of hydrogen-bond donors (Lipinski definition) is 1. The van der Waals surface area contributed by atoms with Gasteiger partial charge in [-0.2, -0.15) is 0 Å². The first-order chi connectivity index (χ1) is 7.54. The molecule has 0 aromatic carbocycles. The van der Waals surface area contributed by atoms with Gasteiger partial charge in [0.2, 0.25) is 5.91 Å². The quantitative estimate of drug-likeness (QED) is 0.669. The molecule has 1 heterocycles. The molecule has 0 saturated heterocycles. The summed E-state index contributed by atoms with van der Waals surface area (Å²) in [4.78, 5) is 23.0. The number of halogens is 1. The van der Waals surface area contributed by atoms with Crippen LogP contribution in [0, 0.1) is 0 Å². The maximum Gasteiger partial charge on any atom is 0.348 e. The van der Waals surface area contributed by atoms with E-state index in [1.54, 1.807) is 25.3 Å². The Labute approximate surface area is 103 Å². The van der Waals surface area contributed by atoms with Crippen LogP contribution in [0.4, 0.5) is 5.69 Å². The minimum Gasteiger partial charge on any atom is -0.462 e. The molecule has 0 aliphatic heterocycles. The van der Waals surface area contributed by atoms with E-state index in [2.05, 4.69) is 5.32 Å². The lowest BCUT2D eigenvalue weighted by Crippen LogP contribution is -2.19. The zero-order valence-electron chi connectivity index (χ0n) is 8.95. The molecule has 1 aromatic heterocycles. The van der Waals surface area contributed by atoms with Crippen molar-refractivity contribution in [3.8, 4) is 0 Å². The van der Waals surface area contributed by atoms with Gasteiger partial charge in [-0.1, -0.05) is 0 Å². The molecule has 16 heavy (non-hydrogen) atoms. The second-order valence-corrected chi connectivity index (χ2v) is 4.59. The number of ether oxygens (including phenoxy) is 1. The first-order valence-electron chi connectivity index (χ1n) is 4.75. The number of carbonyl (C=O) groups is 2. The van der Waals surface area contributed by atoms with Gasteiger partial charge in [0.1, 0.15) is 10.3 Å². The van der Waals surface area contributed by atoms with Crippen molar-refractivity contribution in [3.63, 3.8) is 0 Å². The molecule has 1 unspecified atom stereocenters. The van der Waals surface area contributed by atoms with Crippen LogP contribution < -0.4 is 5.32 Å². The van der Waals surface area contributed by atoms with E-state index in [9.17, 15) is 9.59 Å². The SMILES string of the molecule is CCOC(=O)c1cc(NC(=O)C(C)Cl)cs1. The van der Waals surface area contributed by atoms with Gasteiger partial charge in [0, 0.05) is 5.38 Å². The summed E-state index contributed by atoms with van der Waals surface area (Å²) in [7, 11) is 0. The van der Waals surface area contributed by atoms with E-state index in [4.69, 9.17) is 16.3 Å². The highest BCUT2D eigenvalue weighted by molar-refractivity contribution is 7.12. The topological polar surface area (TPSA) is 55.4 Å². The molecule has 0 aliphatic carbocycles. The van der Waals surface area contributed by atoms with Crippen LogP contribution in [-0.2, 0) is 9.53 Å².